The number of carbonyl (C=O) groups is 2. The van der Waals surface area contributed by atoms with Crippen LogP contribution >= 0.6 is 23.2 Å². The SMILES string of the molecule is O=C(O)NC12CCCC(NC(=O)COc3ccc(Cl)c(Cl)c3)(C1)C2. The zero-order valence-electron chi connectivity index (χ0n) is 12.9. The van der Waals surface area contributed by atoms with Gasteiger partial charge in [-0.2, -0.15) is 0 Å². The second-order valence-electron chi connectivity index (χ2n) is 6.61. The molecule has 3 saturated carbocycles. The van der Waals surface area contributed by atoms with Crippen molar-refractivity contribution in [2.45, 2.75) is 43.2 Å². The first-order valence-electron chi connectivity index (χ1n) is 7.72. The third-order valence-corrected chi connectivity index (χ3v) is 5.44. The quantitative estimate of drug-likeness (QED) is 0.740. The number of hydrogen-bond donors (Lipinski definition) is 3. The van der Waals surface area contributed by atoms with Crippen LogP contribution < -0.4 is 15.4 Å². The Labute approximate surface area is 149 Å². The van der Waals surface area contributed by atoms with Gasteiger partial charge in [0.1, 0.15) is 5.75 Å². The van der Waals surface area contributed by atoms with E-state index in [2.05, 4.69) is 10.6 Å². The molecule has 0 spiro atoms. The maximum atomic E-state index is 12.2. The predicted octanol–water partition coefficient (Wildman–Crippen LogP) is 3.21. The number of rotatable bonds is 5. The first kappa shape index (κ1) is 17.2. The van der Waals surface area contributed by atoms with Crippen LogP contribution in [-0.4, -0.2) is 34.8 Å². The highest BCUT2D eigenvalue weighted by molar-refractivity contribution is 6.42. The highest BCUT2D eigenvalue weighted by Gasteiger charge is 2.58. The first-order chi connectivity index (χ1) is 11.3. The molecule has 24 heavy (non-hydrogen) atoms. The van der Waals surface area contributed by atoms with Gasteiger partial charge in [-0.25, -0.2) is 4.79 Å². The summed E-state index contributed by atoms with van der Waals surface area (Å²) < 4.78 is 5.43. The summed E-state index contributed by atoms with van der Waals surface area (Å²) in [4.78, 5) is 23.1. The summed E-state index contributed by atoms with van der Waals surface area (Å²) in [6.45, 7) is -0.126. The molecule has 3 fully saturated rings. The topological polar surface area (TPSA) is 87.7 Å². The molecule has 1 aromatic carbocycles. The fourth-order valence-electron chi connectivity index (χ4n) is 3.94. The third kappa shape index (κ3) is 3.54. The van der Waals surface area contributed by atoms with Crippen molar-refractivity contribution in [2.75, 3.05) is 6.61 Å². The lowest BCUT2D eigenvalue weighted by molar-refractivity contribution is -0.129. The van der Waals surface area contributed by atoms with Crippen LogP contribution in [0.25, 0.3) is 0 Å². The summed E-state index contributed by atoms with van der Waals surface area (Å²) in [5.74, 6) is 0.239. The van der Waals surface area contributed by atoms with Crippen LogP contribution in [0.15, 0.2) is 18.2 Å². The lowest BCUT2D eigenvalue weighted by Gasteiger charge is -2.60. The van der Waals surface area contributed by atoms with Crippen LogP contribution in [-0.2, 0) is 4.79 Å². The molecule has 2 bridgehead atoms. The van der Waals surface area contributed by atoms with Crippen LogP contribution in [0.2, 0.25) is 10.0 Å². The van der Waals surface area contributed by atoms with E-state index in [0.29, 0.717) is 28.6 Å². The molecule has 0 aliphatic heterocycles. The van der Waals surface area contributed by atoms with Crippen molar-refractivity contribution in [3.63, 3.8) is 0 Å². The number of carbonyl (C=O) groups excluding carboxylic acids is 1. The van der Waals surface area contributed by atoms with Gasteiger partial charge in [-0.15, -0.1) is 0 Å². The average Bonchev–Trinajstić information content (AvgIpc) is 2.47. The van der Waals surface area contributed by atoms with Gasteiger partial charge in [0.2, 0.25) is 0 Å². The van der Waals surface area contributed by atoms with Crippen molar-refractivity contribution in [1.82, 2.24) is 10.6 Å². The van der Waals surface area contributed by atoms with E-state index in [9.17, 15) is 9.59 Å². The minimum Gasteiger partial charge on any atom is -0.484 e. The summed E-state index contributed by atoms with van der Waals surface area (Å²) in [7, 11) is 0. The van der Waals surface area contributed by atoms with Crippen molar-refractivity contribution < 1.29 is 19.4 Å². The van der Waals surface area contributed by atoms with Crippen molar-refractivity contribution >= 4 is 35.2 Å². The lowest BCUT2D eigenvalue weighted by Crippen LogP contribution is -2.73. The summed E-state index contributed by atoms with van der Waals surface area (Å²) >= 11 is 11.7. The van der Waals surface area contributed by atoms with E-state index in [1.807, 2.05) is 0 Å². The van der Waals surface area contributed by atoms with E-state index in [4.69, 9.17) is 33.0 Å². The highest BCUT2D eigenvalue weighted by Crippen LogP contribution is 2.51. The number of carboxylic acid groups (broad SMARTS) is 1. The molecule has 4 rings (SSSR count). The smallest absolute Gasteiger partial charge is 0.405 e. The molecule has 8 heteroatoms. The Hall–Kier alpha value is -1.66. The number of benzene rings is 1. The summed E-state index contributed by atoms with van der Waals surface area (Å²) in [6, 6.07) is 4.81. The largest absolute Gasteiger partial charge is 0.484 e. The molecule has 2 amide bonds. The van der Waals surface area contributed by atoms with E-state index >= 15 is 0 Å². The Balaban J connectivity index is 1.52. The van der Waals surface area contributed by atoms with Gasteiger partial charge in [0, 0.05) is 17.1 Å². The normalized spacial score (nSPS) is 27.8. The van der Waals surface area contributed by atoms with Crippen molar-refractivity contribution in [3.8, 4) is 5.75 Å². The Morgan fingerprint density at radius 3 is 2.42 bits per heavy atom. The van der Waals surface area contributed by atoms with Gasteiger partial charge < -0.3 is 20.5 Å². The van der Waals surface area contributed by atoms with E-state index in [0.717, 1.165) is 19.3 Å². The molecule has 0 aromatic heterocycles. The molecule has 3 aliphatic rings. The third-order valence-electron chi connectivity index (χ3n) is 4.70. The van der Waals surface area contributed by atoms with Gasteiger partial charge in [-0.1, -0.05) is 23.2 Å². The lowest BCUT2D eigenvalue weighted by atomic mass is 9.54. The molecule has 0 heterocycles. The molecule has 1 aromatic rings. The van der Waals surface area contributed by atoms with Crippen molar-refractivity contribution in [1.29, 1.82) is 0 Å². The molecular formula is C16H18Cl2N2O4. The highest BCUT2D eigenvalue weighted by atomic mass is 35.5. The average molecular weight is 373 g/mol. The number of ether oxygens (including phenoxy) is 1. The van der Waals surface area contributed by atoms with Crippen molar-refractivity contribution in [3.05, 3.63) is 28.2 Å². The van der Waals surface area contributed by atoms with Crippen molar-refractivity contribution in [2.24, 2.45) is 0 Å². The Kier molecular flexibility index (Phi) is 4.53. The van der Waals surface area contributed by atoms with Crippen LogP contribution in [0.3, 0.4) is 0 Å². The molecule has 0 saturated heterocycles. The second-order valence-corrected chi connectivity index (χ2v) is 7.43. The second kappa shape index (κ2) is 6.33. The molecule has 3 aliphatic carbocycles. The number of fused-ring (bicyclic) bond motifs is 2. The predicted molar refractivity (Wildman–Crippen MR) is 89.8 cm³/mol. The van der Waals surface area contributed by atoms with Gasteiger partial charge in [-0.3, -0.25) is 4.79 Å². The van der Waals surface area contributed by atoms with E-state index in [1.165, 1.54) is 0 Å². The molecule has 0 radical (unpaired) electrons. The number of nitrogens with one attached hydrogen (secondary N) is 2. The molecule has 6 nitrogen and oxygen atoms in total. The first-order valence-corrected chi connectivity index (χ1v) is 8.47. The number of amides is 2. The van der Waals surface area contributed by atoms with Gasteiger partial charge in [0.05, 0.1) is 10.0 Å². The van der Waals surface area contributed by atoms with Gasteiger partial charge in [-0.05, 0) is 44.2 Å². The maximum absolute atomic E-state index is 12.2. The summed E-state index contributed by atoms with van der Waals surface area (Å²) in [6.07, 6.45) is 2.80. The summed E-state index contributed by atoms with van der Waals surface area (Å²) in [5.41, 5.74) is -0.708. The fourth-order valence-corrected chi connectivity index (χ4v) is 4.23. The minimum absolute atomic E-state index is 0.126. The zero-order chi connectivity index (χ0) is 17.4. The van der Waals surface area contributed by atoms with E-state index in [-0.39, 0.29) is 23.6 Å². The van der Waals surface area contributed by atoms with E-state index in [1.54, 1.807) is 18.2 Å². The molecule has 3 N–H and O–H groups in total. The van der Waals surface area contributed by atoms with Gasteiger partial charge in [0.25, 0.3) is 5.91 Å². The van der Waals surface area contributed by atoms with Crippen LogP contribution in [0.5, 0.6) is 5.75 Å². The maximum Gasteiger partial charge on any atom is 0.405 e. The van der Waals surface area contributed by atoms with Crippen LogP contribution in [0.4, 0.5) is 4.79 Å². The number of hydrogen-bond acceptors (Lipinski definition) is 3. The van der Waals surface area contributed by atoms with Gasteiger partial charge in [0.15, 0.2) is 6.61 Å². The fraction of sp³-hybridized carbons (Fsp3) is 0.500. The molecular weight excluding hydrogens is 355 g/mol. The number of halogens is 2. The monoisotopic (exact) mass is 372 g/mol. The Morgan fingerprint density at radius 2 is 1.79 bits per heavy atom. The van der Waals surface area contributed by atoms with Crippen LogP contribution in [0, 0.1) is 0 Å². The standard InChI is InChI=1S/C16H18Cl2N2O4/c17-11-3-2-10(6-12(11)18)24-7-13(21)19-15-4-1-5-16(8-15,9-15)20-14(22)23/h2-3,6,20H,1,4-5,7-9H2,(H,19,21)(H,22,23). The van der Waals surface area contributed by atoms with Crippen LogP contribution in [0.1, 0.15) is 32.1 Å². The summed E-state index contributed by atoms with van der Waals surface area (Å²) in [5, 5.41) is 15.3. The Bertz CT molecular complexity index is 674. The Morgan fingerprint density at radius 1 is 1.12 bits per heavy atom. The molecule has 130 valence electrons. The minimum atomic E-state index is -1.01. The van der Waals surface area contributed by atoms with E-state index < -0.39 is 6.09 Å². The van der Waals surface area contributed by atoms with Gasteiger partial charge >= 0.3 is 6.09 Å². The molecule has 0 unspecified atom stereocenters. The molecule has 0 atom stereocenters. The zero-order valence-corrected chi connectivity index (χ0v) is 14.4.